The SMILES string of the molecule is C=CCn1c(C)c(/C=C2\SC(=Nc3ccc(CC)cc3)N(c3ccc(CC)cc3)C2=O)c2ccccc21. The second kappa shape index (κ2) is 10.7. The molecule has 37 heavy (non-hydrogen) atoms. The van der Waals surface area contributed by atoms with Crippen molar-refractivity contribution in [2.75, 3.05) is 4.90 Å². The first-order chi connectivity index (χ1) is 18.0. The fourth-order valence-corrected chi connectivity index (χ4v) is 5.69. The standard InChI is InChI=1S/C32H31N3OS/c1-5-20-34-22(4)28(27-10-8-9-11-29(27)34)21-30-31(36)35(26-18-14-24(7-3)15-19-26)32(37-30)33-25-16-12-23(6-2)13-17-25/h5,8-19,21H,1,6-7,20H2,2-4H3/b30-21-,33-32?. The molecule has 1 aliphatic rings. The van der Waals surface area contributed by atoms with Crippen molar-refractivity contribution < 1.29 is 4.79 Å². The number of hydrogen-bond acceptors (Lipinski definition) is 3. The van der Waals surface area contributed by atoms with Crippen LogP contribution in [0.25, 0.3) is 17.0 Å². The molecule has 4 aromatic rings. The predicted octanol–water partition coefficient (Wildman–Crippen LogP) is 8.07. The molecule has 1 fully saturated rings. The summed E-state index contributed by atoms with van der Waals surface area (Å²) >= 11 is 1.43. The number of rotatable bonds is 7. The molecule has 0 atom stereocenters. The molecule has 0 N–H and O–H groups in total. The van der Waals surface area contributed by atoms with Crippen molar-refractivity contribution in [3.05, 3.63) is 113 Å². The molecule has 5 heteroatoms. The summed E-state index contributed by atoms with van der Waals surface area (Å²) < 4.78 is 2.24. The van der Waals surface area contributed by atoms with Crippen LogP contribution in [-0.2, 0) is 24.2 Å². The molecule has 0 radical (unpaired) electrons. The lowest BCUT2D eigenvalue weighted by atomic mass is 10.1. The Morgan fingerprint density at radius 3 is 2.22 bits per heavy atom. The highest BCUT2D eigenvalue weighted by Gasteiger charge is 2.35. The highest BCUT2D eigenvalue weighted by molar-refractivity contribution is 8.19. The van der Waals surface area contributed by atoms with Gasteiger partial charge >= 0.3 is 0 Å². The van der Waals surface area contributed by atoms with Crippen LogP contribution in [0.4, 0.5) is 11.4 Å². The summed E-state index contributed by atoms with van der Waals surface area (Å²) in [6, 6.07) is 24.7. The molecular formula is C32H31N3OS. The molecule has 0 aliphatic carbocycles. The lowest BCUT2D eigenvalue weighted by molar-refractivity contribution is -0.113. The maximum atomic E-state index is 13.9. The fourth-order valence-electron chi connectivity index (χ4n) is 4.71. The van der Waals surface area contributed by atoms with Gasteiger partial charge in [-0.25, -0.2) is 4.99 Å². The largest absolute Gasteiger partial charge is 0.340 e. The van der Waals surface area contributed by atoms with Crippen LogP contribution in [0.1, 0.15) is 36.2 Å². The second-order valence-electron chi connectivity index (χ2n) is 9.10. The van der Waals surface area contributed by atoms with E-state index in [1.54, 1.807) is 4.90 Å². The van der Waals surface area contributed by atoms with E-state index in [1.165, 1.54) is 22.9 Å². The normalized spacial score (nSPS) is 15.9. The zero-order chi connectivity index (χ0) is 25.9. The third kappa shape index (κ3) is 4.79. The molecule has 0 saturated carbocycles. The number of aromatic nitrogens is 1. The van der Waals surface area contributed by atoms with Crippen molar-refractivity contribution in [3.8, 4) is 0 Å². The molecule has 1 aromatic heterocycles. The average Bonchev–Trinajstić information content (AvgIpc) is 3.38. The minimum Gasteiger partial charge on any atom is -0.340 e. The Morgan fingerprint density at radius 1 is 0.919 bits per heavy atom. The van der Waals surface area contributed by atoms with E-state index in [-0.39, 0.29) is 5.91 Å². The minimum absolute atomic E-state index is 0.0573. The monoisotopic (exact) mass is 505 g/mol. The molecule has 5 rings (SSSR count). The Hall–Kier alpha value is -3.83. The molecule has 3 aromatic carbocycles. The zero-order valence-corrected chi connectivity index (χ0v) is 22.4. The Morgan fingerprint density at radius 2 is 1.57 bits per heavy atom. The van der Waals surface area contributed by atoms with Crippen LogP contribution in [0, 0.1) is 6.92 Å². The van der Waals surface area contributed by atoms with E-state index < -0.39 is 0 Å². The van der Waals surface area contributed by atoms with E-state index in [4.69, 9.17) is 4.99 Å². The van der Waals surface area contributed by atoms with Gasteiger partial charge in [-0.15, -0.1) is 6.58 Å². The number of aliphatic imine (C=N–C) groups is 1. The van der Waals surface area contributed by atoms with Crippen LogP contribution in [-0.4, -0.2) is 15.6 Å². The topological polar surface area (TPSA) is 37.6 Å². The van der Waals surface area contributed by atoms with Crippen molar-refractivity contribution in [3.63, 3.8) is 0 Å². The highest BCUT2D eigenvalue weighted by atomic mass is 32.2. The van der Waals surface area contributed by atoms with Crippen molar-refractivity contribution in [2.45, 2.75) is 40.2 Å². The lowest BCUT2D eigenvalue weighted by Gasteiger charge is -2.16. The quantitative estimate of drug-likeness (QED) is 0.188. The maximum Gasteiger partial charge on any atom is 0.271 e. The first kappa shape index (κ1) is 24.8. The number of allylic oxidation sites excluding steroid dienone is 1. The number of aryl methyl sites for hydroxylation is 2. The van der Waals surface area contributed by atoms with Crippen molar-refractivity contribution in [2.24, 2.45) is 4.99 Å². The van der Waals surface area contributed by atoms with Gasteiger partial charge in [0.05, 0.1) is 16.3 Å². The van der Waals surface area contributed by atoms with E-state index in [1.807, 2.05) is 48.6 Å². The lowest BCUT2D eigenvalue weighted by Crippen LogP contribution is -2.28. The molecule has 0 spiro atoms. The number of thioether (sulfide) groups is 1. The average molecular weight is 506 g/mol. The molecule has 186 valence electrons. The van der Waals surface area contributed by atoms with Gasteiger partial charge in [0.15, 0.2) is 5.17 Å². The summed E-state index contributed by atoms with van der Waals surface area (Å²) in [5.74, 6) is -0.0573. The van der Waals surface area contributed by atoms with Gasteiger partial charge in [-0.05, 0) is 79.1 Å². The molecule has 0 bridgehead atoms. The molecule has 4 nitrogen and oxygen atoms in total. The summed E-state index contributed by atoms with van der Waals surface area (Å²) in [4.78, 5) is 21.2. The van der Waals surface area contributed by atoms with Gasteiger partial charge < -0.3 is 4.57 Å². The van der Waals surface area contributed by atoms with Gasteiger partial charge in [-0.3, -0.25) is 9.69 Å². The smallest absolute Gasteiger partial charge is 0.271 e. The molecular weight excluding hydrogens is 474 g/mol. The van der Waals surface area contributed by atoms with Crippen molar-refractivity contribution in [1.82, 2.24) is 4.57 Å². The number of carbonyl (C=O) groups is 1. The molecule has 0 unspecified atom stereocenters. The molecule has 1 amide bonds. The number of nitrogens with zero attached hydrogens (tertiary/aromatic N) is 3. The van der Waals surface area contributed by atoms with Gasteiger partial charge in [0.2, 0.25) is 0 Å². The first-order valence-electron chi connectivity index (χ1n) is 12.7. The fraction of sp³-hybridized carbons (Fsp3) is 0.188. The van der Waals surface area contributed by atoms with Crippen LogP contribution in [0.3, 0.4) is 0 Å². The summed E-state index contributed by atoms with van der Waals surface area (Å²) in [7, 11) is 0. The summed E-state index contributed by atoms with van der Waals surface area (Å²) in [5.41, 5.74) is 7.47. The number of benzene rings is 3. The van der Waals surface area contributed by atoms with Gasteiger partial charge in [-0.1, -0.05) is 62.4 Å². The van der Waals surface area contributed by atoms with E-state index in [2.05, 4.69) is 68.3 Å². The second-order valence-corrected chi connectivity index (χ2v) is 10.1. The predicted molar refractivity (Wildman–Crippen MR) is 159 cm³/mol. The Balaban J connectivity index is 1.62. The van der Waals surface area contributed by atoms with Gasteiger partial charge in [-0.2, -0.15) is 0 Å². The highest BCUT2D eigenvalue weighted by Crippen LogP contribution is 2.39. The minimum atomic E-state index is -0.0573. The summed E-state index contributed by atoms with van der Waals surface area (Å²) in [5, 5.41) is 1.79. The van der Waals surface area contributed by atoms with Crippen LogP contribution in [0.2, 0.25) is 0 Å². The van der Waals surface area contributed by atoms with Gasteiger partial charge in [0, 0.05) is 28.7 Å². The third-order valence-electron chi connectivity index (χ3n) is 6.85. The van der Waals surface area contributed by atoms with Crippen LogP contribution in [0.15, 0.2) is 95.3 Å². The van der Waals surface area contributed by atoms with Crippen molar-refractivity contribution in [1.29, 1.82) is 0 Å². The van der Waals surface area contributed by atoms with Crippen molar-refractivity contribution >= 4 is 51.2 Å². The summed E-state index contributed by atoms with van der Waals surface area (Å²) in [6.07, 6.45) is 5.86. The van der Waals surface area contributed by atoms with E-state index in [0.29, 0.717) is 16.6 Å². The molecule has 1 saturated heterocycles. The van der Waals surface area contributed by atoms with Crippen LogP contribution < -0.4 is 4.90 Å². The number of amidine groups is 1. The number of amides is 1. The Bertz CT molecular complexity index is 1530. The third-order valence-corrected chi connectivity index (χ3v) is 7.81. The number of carbonyl (C=O) groups excluding carboxylic acids is 1. The Labute approximate surface area is 223 Å². The molecule has 2 heterocycles. The number of hydrogen-bond donors (Lipinski definition) is 0. The van der Waals surface area contributed by atoms with E-state index in [0.717, 1.165) is 46.4 Å². The summed E-state index contributed by atoms with van der Waals surface area (Å²) in [6.45, 7) is 11.0. The maximum absolute atomic E-state index is 13.9. The number of fused-ring (bicyclic) bond motifs is 1. The van der Waals surface area contributed by atoms with Gasteiger partial charge in [0.25, 0.3) is 5.91 Å². The molecule has 1 aliphatic heterocycles. The van der Waals surface area contributed by atoms with E-state index >= 15 is 0 Å². The van der Waals surface area contributed by atoms with Crippen LogP contribution >= 0.6 is 11.8 Å². The van der Waals surface area contributed by atoms with Gasteiger partial charge in [0.1, 0.15) is 0 Å². The first-order valence-corrected chi connectivity index (χ1v) is 13.5. The van der Waals surface area contributed by atoms with Crippen LogP contribution in [0.5, 0.6) is 0 Å². The zero-order valence-electron chi connectivity index (χ0n) is 21.6. The number of anilines is 1. The Kier molecular flexibility index (Phi) is 7.15. The van der Waals surface area contributed by atoms with E-state index in [9.17, 15) is 4.79 Å². The number of para-hydroxylation sites is 1.